The molecule has 2 atom stereocenters. The van der Waals surface area contributed by atoms with Gasteiger partial charge in [-0.3, -0.25) is 4.79 Å². The van der Waals surface area contributed by atoms with Gasteiger partial charge in [0, 0.05) is 26.8 Å². The van der Waals surface area contributed by atoms with Crippen molar-refractivity contribution in [2.24, 2.45) is 5.92 Å². The monoisotopic (exact) mass is 274 g/mol. The van der Waals surface area contributed by atoms with Gasteiger partial charge in [0.15, 0.2) is 0 Å². The van der Waals surface area contributed by atoms with Crippen molar-refractivity contribution < 1.29 is 14.6 Å². The molecule has 114 valence electrons. The second kappa shape index (κ2) is 9.28. The van der Waals surface area contributed by atoms with Crippen LogP contribution in [-0.4, -0.2) is 49.5 Å². The van der Waals surface area contributed by atoms with Gasteiger partial charge in [0.05, 0.1) is 11.6 Å². The van der Waals surface area contributed by atoms with Gasteiger partial charge in [-0.25, -0.2) is 0 Å². The quantitative estimate of drug-likeness (QED) is 0.518. The van der Waals surface area contributed by atoms with Crippen molar-refractivity contribution >= 4 is 5.91 Å². The van der Waals surface area contributed by atoms with Gasteiger partial charge in [0.25, 0.3) is 0 Å². The molecule has 0 aromatic rings. The molecule has 0 saturated carbocycles. The molecule has 0 radical (unpaired) electrons. The summed E-state index contributed by atoms with van der Waals surface area (Å²) in [5.74, 6) is 0.381. The van der Waals surface area contributed by atoms with Crippen molar-refractivity contribution in [2.45, 2.75) is 52.2 Å². The van der Waals surface area contributed by atoms with E-state index in [1.807, 2.05) is 0 Å². The number of hydrogen-bond donors (Lipinski definition) is 3. The normalized spacial score (nSPS) is 16.2. The van der Waals surface area contributed by atoms with Crippen LogP contribution in [0.5, 0.6) is 0 Å². The zero-order valence-corrected chi connectivity index (χ0v) is 13.0. The molecule has 19 heavy (non-hydrogen) atoms. The lowest BCUT2D eigenvalue weighted by atomic mass is 9.94. The van der Waals surface area contributed by atoms with E-state index in [4.69, 9.17) is 4.74 Å². The molecule has 0 saturated heterocycles. The molecule has 0 rings (SSSR count). The van der Waals surface area contributed by atoms with Crippen molar-refractivity contribution in [1.29, 1.82) is 0 Å². The van der Waals surface area contributed by atoms with Crippen LogP contribution in [0.25, 0.3) is 0 Å². The van der Waals surface area contributed by atoms with Crippen LogP contribution < -0.4 is 10.6 Å². The molecular formula is C14H30N2O3. The molecule has 0 fully saturated rings. The summed E-state index contributed by atoms with van der Waals surface area (Å²) < 4.78 is 4.91. The fraction of sp³-hybridized carbons (Fsp3) is 0.929. The van der Waals surface area contributed by atoms with Crippen LogP contribution in [0.1, 0.15) is 40.5 Å². The van der Waals surface area contributed by atoms with Crippen LogP contribution in [-0.2, 0) is 9.53 Å². The van der Waals surface area contributed by atoms with Crippen LogP contribution in [0, 0.1) is 5.92 Å². The van der Waals surface area contributed by atoms with Gasteiger partial charge in [-0.1, -0.05) is 13.8 Å². The Morgan fingerprint density at radius 2 is 2.00 bits per heavy atom. The maximum atomic E-state index is 11.7. The summed E-state index contributed by atoms with van der Waals surface area (Å²) in [6, 6.07) is -0.304. The average Bonchev–Trinajstić information content (AvgIpc) is 2.30. The molecule has 0 aliphatic carbocycles. The van der Waals surface area contributed by atoms with E-state index in [2.05, 4.69) is 24.5 Å². The molecule has 5 heteroatoms. The highest BCUT2D eigenvalue weighted by Gasteiger charge is 2.23. The third kappa shape index (κ3) is 9.87. The van der Waals surface area contributed by atoms with E-state index in [0.29, 0.717) is 32.0 Å². The Labute approximate surface area is 117 Å². The van der Waals surface area contributed by atoms with Crippen LogP contribution in [0.15, 0.2) is 0 Å². The standard InChI is InChI=1S/C14H30N2O3/c1-11(2)9-14(4,18)10-16-12(3)13(17)15-7-6-8-19-5/h11-12,16,18H,6-10H2,1-5H3,(H,15,17). The lowest BCUT2D eigenvalue weighted by molar-refractivity contribution is -0.123. The number of carbonyl (C=O) groups is 1. The molecule has 0 aromatic carbocycles. The smallest absolute Gasteiger partial charge is 0.236 e. The Morgan fingerprint density at radius 1 is 1.37 bits per heavy atom. The van der Waals surface area contributed by atoms with Gasteiger partial charge in [0.2, 0.25) is 5.91 Å². The van der Waals surface area contributed by atoms with E-state index in [1.165, 1.54) is 0 Å². The lowest BCUT2D eigenvalue weighted by Gasteiger charge is -2.27. The molecule has 0 aliphatic heterocycles. The number of nitrogens with one attached hydrogen (secondary N) is 2. The highest BCUT2D eigenvalue weighted by molar-refractivity contribution is 5.81. The summed E-state index contributed by atoms with van der Waals surface area (Å²) >= 11 is 0. The number of rotatable bonds is 10. The molecular weight excluding hydrogens is 244 g/mol. The Balaban J connectivity index is 3.89. The summed E-state index contributed by atoms with van der Waals surface area (Å²) in [5, 5.41) is 16.1. The minimum absolute atomic E-state index is 0.0450. The Morgan fingerprint density at radius 3 is 2.53 bits per heavy atom. The number of methoxy groups -OCH3 is 1. The first-order chi connectivity index (χ1) is 8.78. The molecule has 0 spiro atoms. The second-order valence-corrected chi connectivity index (χ2v) is 5.83. The first-order valence-electron chi connectivity index (χ1n) is 7.01. The third-order valence-electron chi connectivity index (χ3n) is 2.85. The fourth-order valence-electron chi connectivity index (χ4n) is 2.00. The second-order valence-electron chi connectivity index (χ2n) is 5.83. The van der Waals surface area contributed by atoms with E-state index in [-0.39, 0.29) is 11.9 Å². The van der Waals surface area contributed by atoms with Gasteiger partial charge in [-0.15, -0.1) is 0 Å². The molecule has 0 heterocycles. The van der Waals surface area contributed by atoms with Crippen LogP contribution in [0.4, 0.5) is 0 Å². The lowest BCUT2D eigenvalue weighted by Crippen LogP contribution is -2.48. The van der Waals surface area contributed by atoms with Crippen LogP contribution >= 0.6 is 0 Å². The van der Waals surface area contributed by atoms with Crippen LogP contribution in [0.2, 0.25) is 0 Å². The summed E-state index contributed by atoms with van der Waals surface area (Å²) in [4.78, 5) is 11.7. The zero-order valence-electron chi connectivity index (χ0n) is 13.0. The Bertz CT molecular complexity index is 255. The number of carbonyl (C=O) groups excluding carboxylic acids is 1. The summed E-state index contributed by atoms with van der Waals surface area (Å²) in [6.45, 7) is 9.41. The van der Waals surface area contributed by atoms with E-state index >= 15 is 0 Å². The molecule has 0 bridgehead atoms. The summed E-state index contributed by atoms with van der Waals surface area (Å²) in [7, 11) is 1.64. The minimum Gasteiger partial charge on any atom is -0.389 e. The maximum Gasteiger partial charge on any atom is 0.236 e. The number of ether oxygens (including phenoxy) is 1. The highest BCUT2D eigenvalue weighted by Crippen LogP contribution is 2.15. The predicted molar refractivity (Wildman–Crippen MR) is 77.0 cm³/mol. The first-order valence-corrected chi connectivity index (χ1v) is 7.01. The van der Waals surface area contributed by atoms with Crippen molar-refractivity contribution in [3.8, 4) is 0 Å². The Hall–Kier alpha value is -0.650. The topological polar surface area (TPSA) is 70.6 Å². The highest BCUT2D eigenvalue weighted by atomic mass is 16.5. The number of amides is 1. The molecule has 0 aliphatic rings. The number of aliphatic hydroxyl groups is 1. The summed E-state index contributed by atoms with van der Waals surface area (Å²) in [5.41, 5.74) is -0.779. The maximum absolute atomic E-state index is 11.7. The predicted octanol–water partition coefficient (Wildman–Crippen LogP) is 0.914. The van der Waals surface area contributed by atoms with Crippen LogP contribution in [0.3, 0.4) is 0 Å². The van der Waals surface area contributed by atoms with E-state index < -0.39 is 5.60 Å². The molecule has 1 amide bonds. The van der Waals surface area contributed by atoms with Crippen molar-refractivity contribution in [2.75, 3.05) is 26.8 Å². The third-order valence-corrected chi connectivity index (χ3v) is 2.85. The number of hydrogen-bond acceptors (Lipinski definition) is 4. The van der Waals surface area contributed by atoms with Gasteiger partial charge in [-0.2, -0.15) is 0 Å². The van der Waals surface area contributed by atoms with Crippen molar-refractivity contribution in [1.82, 2.24) is 10.6 Å². The van der Waals surface area contributed by atoms with Gasteiger partial charge >= 0.3 is 0 Å². The largest absolute Gasteiger partial charge is 0.389 e. The molecule has 2 unspecified atom stereocenters. The van der Waals surface area contributed by atoms with E-state index in [1.54, 1.807) is 21.0 Å². The van der Waals surface area contributed by atoms with Gasteiger partial charge in [0.1, 0.15) is 0 Å². The van der Waals surface area contributed by atoms with Crippen molar-refractivity contribution in [3.05, 3.63) is 0 Å². The molecule has 5 nitrogen and oxygen atoms in total. The fourth-order valence-corrected chi connectivity index (χ4v) is 2.00. The average molecular weight is 274 g/mol. The molecule has 3 N–H and O–H groups in total. The summed E-state index contributed by atoms with van der Waals surface area (Å²) in [6.07, 6.45) is 1.52. The minimum atomic E-state index is -0.779. The van der Waals surface area contributed by atoms with Crippen molar-refractivity contribution in [3.63, 3.8) is 0 Å². The Kier molecular flexibility index (Phi) is 8.97. The first kappa shape index (κ1) is 18.4. The van der Waals surface area contributed by atoms with E-state index in [9.17, 15) is 9.90 Å². The van der Waals surface area contributed by atoms with Gasteiger partial charge in [-0.05, 0) is 32.6 Å². The zero-order chi connectivity index (χ0) is 14.9. The van der Waals surface area contributed by atoms with Gasteiger partial charge < -0.3 is 20.5 Å². The SMILES string of the molecule is COCCCNC(=O)C(C)NCC(C)(O)CC(C)C. The molecule has 0 aromatic heterocycles. The van der Waals surface area contributed by atoms with E-state index in [0.717, 1.165) is 6.42 Å².